The maximum Gasteiger partial charge on any atom is 0.494 e. The summed E-state index contributed by atoms with van der Waals surface area (Å²) >= 11 is 0. The first-order chi connectivity index (χ1) is 19.3. The molecule has 6 nitrogen and oxygen atoms in total. The number of ether oxygens (including phenoxy) is 1. The van der Waals surface area contributed by atoms with Crippen molar-refractivity contribution in [3.63, 3.8) is 0 Å². The van der Waals surface area contributed by atoms with Crippen LogP contribution in [0.15, 0.2) is 72.8 Å². The molecule has 210 valence electrons. The molecule has 0 N–H and O–H groups in total. The van der Waals surface area contributed by atoms with Crippen molar-refractivity contribution in [2.45, 2.75) is 84.0 Å². The SMILES string of the molecule is CC1(C)OB(c2ccc3c(c2)O[C@@H](c2ccccc2)n2c-3cc3cc(B4OC(C)(C)C(C)(C)O4)ccc32)OC1(C)C. The fourth-order valence-corrected chi connectivity index (χ4v) is 5.82. The molecule has 3 aliphatic heterocycles. The van der Waals surface area contributed by atoms with Gasteiger partial charge in [0.1, 0.15) is 5.75 Å². The van der Waals surface area contributed by atoms with Gasteiger partial charge in [0.15, 0.2) is 0 Å². The van der Waals surface area contributed by atoms with Crippen LogP contribution in [-0.2, 0) is 18.6 Å². The number of hydrogen-bond donors (Lipinski definition) is 0. The Kier molecular flexibility index (Phi) is 5.72. The van der Waals surface area contributed by atoms with E-state index in [1.165, 1.54) is 0 Å². The molecule has 0 aliphatic carbocycles. The van der Waals surface area contributed by atoms with Crippen molar-refractivity contribution in [1.29, 1.82) is 0 Å². The Morgan fingerprint density at radius 2 is 1.15 bits per heavy atom. The molecule has 4 heterocycles. The van der Waals surface area contributed by atoms with Crippen molar-refractivity contribution in [2.75, 3.05) is 0 Å². The van der Waals surface area contributed by atoms with Crippen molar-refractivity contribution in [1.82, 2.24) is 4.57 Å². The Balaban J connectivity index is 1.33. The summed E-state index contributed by atoms with van der Waals surface area (Å²) in [5, 5.41) is 1.11. The zero-order valence-electron chi connectivity index (χ0n) is 25.1. The van der Waals surface area contributed by atoms with Gasteiger partial charge in [0, 0.05) is 16.5 Å². The van der Waals surface area contributed by atoms with Gasteiger partial charge in [-0.15, -0.1) is 0 Å². The van der Waals surface area contributed by atoms with Crippen molar-refractivity contribution in [2.24, 2.45) is 0 Å². The third-order valence-corrected chi connectivity index (χ3v) is 9.75. The van der Waals surface area contributed by atoms with Crippen LogP contribution in [-0.4, -0.2) is 41.2 Å². The molecule has 2 saturated heterocycles. The highest BCUT2D eigenvalue weighted by molar-refractivity contribution is 6.62. The minimum atomic E-state index is -0.459. The molecule has 8 heteroatoms. The number of hydrogen-bond acceptors (Lipinski definition) is 5. The van der Waals surface area contributed by atoms with Gasteiger partial charge in [-0.1, -0.05) is 48.5 Å². The van der Waals surface area contributed by atoms with Crippen molar-refractivity contribution < 1.29 is 23.4 Å². The van der Waals surface area contributed by atoms with Crippen LogP contribution < -0.4 is 15.7 Å². The van der Waals surface area contributed by atoms with E-state index in [1.807, 2.05) is 6.07 Å². The fourth-order valence-electron chi connectivity index (χ4n) is 5.82. The zero-order valence-corrected chi connectivity index (χ0v) is 25.1. The molecule has 3 aliphatic rings. The molecule has 41 heavy (non-hydrogen) atoms. The highest BCUT2D eigenvalue weighted by atomic mass is 16.7. The summed E-state index contributed by atoms with van der Waals surface area (Å²) in [6.45, 7) is 16.6. The molecular weight excluding hydrogens is 512 g/mol. The smallest absolute Gasteiger partial charge is 0.465 e. The summed E-state index contributed by atoms with van der Waals surface area (Å²) in [6, 6.07) is 25.3. The summed E-state index contributed by atoms with van der Waals surface area (Å²) in [7, 11) is -0.878. The lowest BCUT2D eigenvalue weighted by Crippen LogP contribution is -2.41. The van der Waals surface area contributed by atoms with Crippen molar-refractivity contribution >= 4 is 36.1 Å². The number of aromatic nitrogens is 1. The highest BCUT2D eigenvalue weighted by Crippen LogP contribution is 2.45. The molecular formula is C33H37B2NO5. The van der Waals surface area contributed by atoms with E-state index in [9.17, 15) is 0 Å². The number of benzene rings is 3. The van der Waals surface area contributed by atoms with E-state index in [0.29, 0.717) is 0 Å². The lowest BCUT2D eigenvalue weighted by atomic mass is 9.78. The van der Waals surface area contributed by atoms with E-state index < -0.39 is 36.6 Å². The van der Waals surface area contributed by atoms with Crippen molar-refractivity contribution in [3.05, 3.63) is 78.4 Å². The summed E-state index contributed by atoms with van der Waals surface area (Å²) < 4.78 is 34.5. The number of fused-ring (bicyclic) bond motifs is 5. The second kappa shape index (κ2) is 8.74. The highest BCUT2D eigenvalue weighted by Gasteiger charge is 2.53. The monoisotopic (exact) mass is 549 g/mol. The minimum Gasteiger partial charge on any atom is -0.465 e. The molecule has 4 aromatic rings. The van der Waals surface area contributed by atoms with Crippen LogP contribution in [0.25, 0.3) is 22.2 Å². The van der Waals surface area contributed by atoms with Crippen LogP contribution in [0.1, 0.15) is 67.2 Å². The van der Waals surface area contributed by atoms with Crippen LogP contribution in [0.2, 0.25) is 0 Å². The molecule has 3 aromatic carbocycles. The summed E-state index contributed by atoms with van der Waals surface area (Å²) in [4.78, 5) is 0. The second-order valence-electron chi connectivity index (χ2n) is 13.5. The van der Waals surface area contributed by atoms with Gasteiger partial charge >= 0.3 is 14.2 Å². The standard InChI is InChI=1S/C33H37B2NO5/c1-30(2)31(3,4)39-34(38-30)23-15-17-26-22(18-23)19-27-25-16-14-24(35-40-32(5,6)33(7,8)41-35)20-28(25)37-29(36(26)27)21-12-10-9-11-13-21/h9-20,29H,1-8H3/t29-/m0/s1. The third kappa shape index (κ3) is 4.10. The topological polar surface area (TPSA) is 51.1 Å². The van der Waals surface area contributed by atoms with Crippen LogP contribution in [0, 0.1) is 0 Å². The predicted molar refractivity (Wildman–Crippen MR) is 164 cm³/mol. The molecule has 1 atom stereocenters. The Hall–Kier alpha value is -3.03. The Bertz CT molecular complexity index is 1630. The van der Waals surface area contributed by atoms with Gasteiger partial charge < -0.3 is 27.9 Å². The molecule has 0 bridgehead atoms. The lowest BCUT2D eigenvalue weighted by molar-refractivity contribution is 0.00578. The first-order valence-electron chi connectivity index (χ1n) is 14.5. The molecule has 0 amide bonds. The zero-order chi connectivity index (χ0) is 28.9. The lowest BCUT2D eigenvalue weighted by Gasteiger charge is -2.32. The Labute approximate surface area is 243 Å². The largest absolute Gasteiger partial charge is 0.494 e. The van der Waals surface area contributed by atoms with Gasteiger partial charge in [-0.05, 0) is 90.6 Å². The summed E-state index contributed by atoms with van der Waals surface area (Å²) in [6.07, 6.45) is -0.326. The maximum atomic E-state index is 6.80. The van der Waals surface area contributed by atoms with E-state index in [1.54, 1.807) is 0 Å². The third-order valence-electron chi connectivity index (χ3n) is 9.75. The Morgan fingerprint density at radius 1 is 0.610 bits per heavy atom. The predicted octanol–water partition coefficient (Wildman–Crippen LogP) is 5.85. The molecule has 7 rings (SSSR count). The van der Waals surface area contributed by atoms with Gasteiger partial charge in [-0.25, -0.2) is 0 Å². The second-order valence-corrected chi connectivity index (χ2v) is 13.5. The molecule has 0 spiro atoms. The first-order valence-corrected chi connectivity index (χ1v) is 14.5. The van der Waals surface area contributed by atoms with E-state index in [-0.39, 0.29) is 6.23 Å². The number of nitrogens with zero attached hydrogens (tertiary/aromatic N) is 1. The minimum absolute atomic E-state index is 0.326. The normalized spacial score (nSPS) is 23.4. The van der Waals surface area contributed by atoms with Crippen molar-refractivity contribution in [3.8, 4) is 17.0 Å². The molecule has 0 radical (unpaired) electrons. The molecule has 1 aromatic heterocycles. The van der Waals surface area contributed by atoms with Gasteiger partial charge in [0.05, 0.1) is 33.6 Å². The van der Waals surface area contributed by atoms with E-state index >= 15 is 0 Å². The summed E-state index contributed by atoms with van der Waals surface area (Å²) in [5.41, 5.74) is 4.63. The van der Waals surface area contributed by atoms with Gasteiger partial charge in [0.2, 0.25) is 6.23 Å². The van der Waals surface area contributed by atoms with Gasteiger partial charge in [0.25, 0.3) is 0 Å². The van der Waals surface area contributed by atoms with Crippen LogP contribution in [0.4, 0.5) is 0 Å². The van der Waals surface area contributed by atoms with Crippen LogP contribution in [0.5, 0.6) is 5.75 Å². The van der Waals surface area contributed by atoms with Gasteiger partial charge in [-0.2, -0.15) is 0 Å². The van der Waals surface area contributed by atoms with E-state index in [4.69, 9.17) is 23.4 Å². The quantitative estimate of drug-likeness (QED) is 0.301. The molecule has 0 saturated carbocycles. The molecule has 2 fully saturated rings. The fraction of sp³-hybridized carbons (Fsp3) is 0.394. The van der Waals surface area contributed by atoms with Crippen LogP contribution in [0.3, 0.4) is 0 Å². The molecule has 0 unspecified atom stereocenters. The Morgan fingerprint density at radius 3 is 1.73 bits per heavy atom. The van der Waals surface area contributed by atoms with E-state index in [2.05, 4.69) is 127 Å². The van der Waals surface area contributed by atoms with Gasteiger partial charge in [-0.3, -0.25) is 0 Å². The number of rotatable bonds is 3. The first kappa shape index (κ1) is 26.8. The van der Waals surface area contributed by atoms with Crippen LogP contribution >= 0.6 is 0 Å². The average Bonchev–Trinajstić information content (AvgIpc) is 3.48. The maximum absolute atomic E-state index is 6.80. The summed E-state index contributed by atoms with van der Waals surface area (Å²) in [5.74, 6) is 0.813. The average molecular weight is 549 g/mol. The van der Waals surface area contributed by atoms with E-state index in [0.717, 1.165) is 44.4 Å².